The summed E-state index contributed by atoms with van der Waals surface area (Å²) in [7, 11) is 1.59. The van der Waals surface area contributed by atoms with Crippen LogP contribution in [0.1, 0.15) is 17.7 Å². The molecule has 2 heterocycles. The lowest BCUT2D eigenvalue weighted by atomic mass is 9.98. The number of hydrogen-bond acceptors (Lipinski definition) is 4. The van der Waals surface area contributed by atoms with Crippen molar-refractivity contribution in [3.63, 3.8) is 0 Å². The summed E-state index contributed by atoms with van der Waals surface area (Å²) in [5.74, 6) is 0.772. The first kappa shape index (κ1) is 14.1. The van der Waals surface area contributed by atoms with Gasteiger partial charge in [-0.2, -0.15) is 0 Å². The highest BCUT2D eigenvalue weighted by atomic mass is 16.5. The topological polar surface area (TPSA) is 59.8 Å². The van der Waals surface area contributed by atoms with Crippen LogP contribution in [0.5, 0.6) is 5.75 Å². The minimum Gasteiger partial charge on any atom is -0.497 e. The van der Waals surface area contributed by atoms with Gasteiger partial charge in [-0.15, -0.1) is 0 Å². The molecule has 112 valence electrons. The molecule has 0 radical (unpaired) electrons. The number of hydrogen-bond donors (Lipinski definition) is 0. The van der Waals surface area contributed by atoms with Crippen molar-refractivity contribution in [2.24, 2.45) is 0 Å². The molecule has 0 saturated heterocycles. The Morgan fingerprint density at radius 1 is 1.18 bits per heavy atom. The second-order valence-corrected chi connectivity index (χ2v) is 4.97. The lowest BCUT2D eigenvalue weighted by molar-refractivity contribution is -0.143. The number of furan rings is 1. The fraction of sp³-hybridized carbons (Fsp3) is 0.176. The Morgan fingerprint density at radius 2 is 1.95 bits per heavy atom. The molecule has 1 aromatic heterocycles. The molecule has 1 aromatic carbocycles. The standard InChI is InChI=1S/C17H15NO4/c1-21-14-6-4-12(5-7-14)13-9-16(19)18(17(20)10-13)11-15-3-2-8-22-15/h2-9H,10-11H2,1H3. The molecular weight excluding hydrogens is 282 g/mol. The molecule has 0 N–H and O–H groups in total. The first-order valence-corrected chi connectivity index (χ1v) is 6.89. The first-order chi connectivity index (χ1) is 10.7. The minimum atomic E-state index is -0.321. The van der Waals surface area contributed by atoms with Crippen molar-refractivity contribution >= 4 is 17.4 Å². The van der Waals surface area contributed by atoms with Crippen LogP contribution in [0.2, 0.25) is 0 Å². The molecule has 22 heavy (non-hydrogen) atoms. The number of carbonyl (C=O) groups is 2. The maximum Gasteiger partial charge on any atom is 0.253 e. The SMILES string of the molecule is COc1ccc(C2=CC(=O)N(Cc3ccco3)C(=O)C2)cc1. The van der Waals surface area contributed by atoms with Gasteiger partial charge >= 0.3 is 0 Å². The number of nitrogens with zero attached hydrogens (tertiary/aromatic N) is 1. The average molecular weight is 297 g/mol. The Bertz CT molecular complexity index is 714. The molecule has 3 rings (SSSR count). The van der Waals surface area contributed by atoms with Gasteiger partial charge in [-0.1, -0.05) is 12.1 Å². The van der Waals surface area contributed by atoms with E-state index in [2.05, 4.69) is 0 Å². The van der Waals surface area contributed by atoms with E-state index in [1.807, 2.05) is 12.1 Å². The molecule has 5 heteroatoms. The van der Waals surface area contributed by atoms with Crippen molar-refractivity contribution in [1.29, 1.82) is 0 Å². The number of amides is 2. The van der Waals surface area contributed by atoms with Gasteiger partial charge in [-0.05, 0) is 35.4 Å². The number of carbonyl (C=O) groups excluding carboxylic acids is 2. The third-order valence-corrected chi connectivity index (χ3v) is 3.56. The van der Waals surface area contributed by atoms with Gasteiger partial charge in [-0.3, -0.25) is 14.5 Å². The number of rotatable bonds is 4. The van der Waals surface area contributed by atoms with E-state index in [0.717, 1.165) is 11.3 Å². The summed E-state index contributed by atoms with van der Waals surface area (Å²) in [5, 5.41) is 0. The Morgan fingerprint density at radius 3 is 2.55 bits per heavy atom. The van der Waals surface area contributed by atoms with Crippen molar-refractivity contribution in [3.05, 3.63) is 60.1 Å². The predicted octanol–water partition coefficient (Wildman–Crippen LogP) is 2.63. The molecule has 2 aromatic rings. The highest BCUT2D eigenvalue weighted by molar-refractivity contribution is 6.11. The van der Waals surface area contributed by atoms with E-state index in [9.17, 15) is 9.59 Å². The van der Waals surface area contributed by atoms with E-state index in [4.69, 9.17) is 9.15 Å². The normalized spacial score (nSPS) is 15.0. The lowest BCUT2D eigenvalue weighted by Crippen LogP contribution is -2.38. The quantitative estimate of drug-likeness (QED) is 0.814. The molecule has 1 aliphatic rings. The van der Waals surface area contributed by atoms with Crippen LogP contribution in [0.15, 0.2) is 53.2 Å². The van der Waals surface area contributed by atoms with Crippen LogP contribution in [-0.2, 0) is 16.1 Å². The van der Waals surface area contributed by atoms with E-state index >= 15 is 0 Å². The maximum atomic E-state index is 12.2. The fourth-order valence-electron chi connectivity index (χ4n) is 2.37. The monoisotopic (exact) mass is 297 g/mol. The van der Waals surface area contributed by atoms with Crippen molar-refractivity contribution in [3.8, 4) is 5.75 Å². The number of benzene rings is 1. The van der Waals surface area contributed by atoms with Gasteiger partial charge in [-0.25, -0.2) is 0 Å². The highest BCUT2D eigenvalue weighted by Gasteiger charge is 2.27. The van der Waals surface area contributed by atoms with Gasteiger partial charge in [0.2, 0.25) is 5.91 Å². The summed E-state index contributed by atoms with van der Waals surface area (Å²) < 4.78 is 10.3. The Balaban J connectivity index is 1.81. The summed E-state index contributed by atoms with van der Waals surface area (Å²) in [5.41, 5.74) is 1.56. The molecule has 1 aliphatic heterocycles. The zero-order chi connectivity index (χ0) is 15.5. The van der Waals surface area contributed by atoms with Gasteiger partial charge in [0, 0.05) is 6.08 Å². The molecule has 0 aliphatic carbocycles. The summed E-state index contributed by atoms with van der Waals surface area (Å²) in [6.07, 6.45) is 3.22. The number of ether oxygens (including phenoxy) is 1. The fourth-order valence-corrected chi connectivity index (χ4v) is 2.37. The van der Waals surface area contributed by atoms with E-state index < -0.39 is 0 Å². The molecule has 2 amide bonds. The lowest BCUT2D eigenvalue weighted by Gasteiger charge is -2.24. The summed E-state index contributed by atoms with van der Waals surface area (Å²) in [6, 6.07) is 10.8. The third-order valence-electron chi connectivity index (χ3n) is 3.56. The Hall–Kier alpha value is -2.82. The van der Waals surface area contributed by atoms with Crippen LogP contribution in [0.3, 0.4) is 0 Å². The summed E-state index contributed by atoms with van der Waals surface area (Å²) in [4.78, 5) is 25.6. The van der Waals surface area contributed by atoms with Crippen molar-refractivity contribution in [1.82, 2.24) is 4.90 Å². The largest absolute Gasteiger partial charge is 0.497 e. The molecule has 0 saturated carbocycles. The summed E-state index contributed by atoms with van der Waals surface area (Å²) >= 11 is 0. The molecule has 0 fully saturated rings. The van der Waals surface area contributed by atoms with Crippen LogP contribution >= 0.6 is 0 Å². The van der Waals surface area contributed by atoms with Gasteiger partial charge in [0.15, 0.2) is 0 Å². The highest BCUT2D eigenvalue weighted by Crippen LogP contribution is 2.26. The van der Waals surface area contributed by atoms with Crippen molar-refractivity contribution in [2.45, 2.75) is 13.0 Å². The zero-order valence-electron chi connectivity index (χ0n) is 12.1. The molecule has 0 unspecified atom stereocenters. The zero-order valence-corrected chi connectivity index (χ0v) is 12.1. The molecular formula is C17H15NO4. The predicted molar refractivity (Wildman–Crippen MR) is 79.9 cm³/mol. The van der Waals surface area contributed by atoms with E-state index in [1.54, 1.807) is 31.4 Å². The first-order valence-electron chi connectivity index (χ1n) is 6.89. The van der Waals surface area contributed by atoms with E-state index in [-0.39, 0.29) is 24.8 Å². The van der Waals surface area contributed by atoms with Crippen LogP contribution in [0.25, 0.3) is 5.57 Å². The van der Waals surface area contributed by atoms with Crippen LogP contribution in [0, 0.1) is 0 Å². The second-order valence-electron chi connectivity index (χ2n) is 4.97. The van der Waals surface area contributed by atoms with Crippen molar-refractivity contribution < 1.29 is 18.7 Å². The maximum absolute atomic E-state index is 12.2. The van der Waals surface area contributed by atoms with Crippen molar-refractivity contribution in [2.75, 3.05) is 7.11 Å². The van der Waals surface area contributed by atoms with E-state index in [0.29, 0.717) is 11.3 Å². The third kappa shape index (κ3) is 2.79. The average Bonchev–Trinajstić information content (AvgIpc) is 3.04. The molecule has 0 atom stereocenters. The summed E-state index contributed by atoms with van der Waals surface area (Å²) in [6.45, 7) is 0.164. The van der Waals surface area contributed by atoms with Gasteiger partial charge in [0.1, 0.15) is 11.5 Å². The molecule has 5 nitrogen and oxygen atoms in total. The van der Waals surface area contributed by atoms with Crippen LogP contribution < -0.4 is 4.74 Å². The van der Waals surface area contributed by atoms with Crippen LogP contribution in [-0.4, -0.2) is 23.8 Å². The van der Waals surface area contributed by atoms with Gasteiger partial charge in [0.25, 0.3) is 5.91 Å². The van der Waals surface area contributed by atoms with Gasteiger partial charge < -0.3 is 9.15 Å². The second kappa shape index (κ2) is 5.89. The smallest absolute Gasteiger partial charge is 0.253 e. The van der Waals surface area contributed by atoms with E-state index in [1.165, 1.54) is 17.2 Å². The minimum absolute atomic E-state index is 0.164. The molecule has 0 bridgehead atoms. The van der Waals surface area contributed by atoms with Gasteiger partial charge in [0.05, 0.1) is 26.3 Å². The number of methoxy groups -OCH3 is 1. The Kier molecular flexibility index (Phi) is 3.78. The molecule has 0 spiro atoms. The number of imide groups is 1. The Labute approximate surface area is 127 Å². The van der Waals surface area contributed by atoms with Crippen LogP contribution in [0.4, 0.5) is 0 Å².